The fourth-order valence-electron chi connectivity index (χ4n) is 3.45. The first-order valence-corrected chi connectivity index (χ1v) is 7.43. The SMILES string of the molecule is CCOC(=O)[C@]1(c2ccccc2)C[C@@]1(C)c1ccccc1. The lowest BCUT2D eigenvalue weighted by Crippen LogP contribution is -2.31. The molecule has 0 aliphatic heterocycles. The third-order valence-corrected chi connectivity index (χ3v) is 4.74. The largest absolute Gasteiger partial charge is 0.465 e. The standard InChI is InChI=1S/C19H20O2/c1-3-21-17(20)19(16-12-8-5-9-13-16)14-18(19,2)15-10-6-4-7-11-15/h4-13H,3,14H2,1-2H3/t18-,19+/m0/s1. The number of hydrogen-bond acceptors (Lipinski definition) is 2. The number of carbonyl (C=O) groups excluding carboxylic acids is 1. The molecule has 0 N–H and O–H groups in total. The Kier molecular flexibility index (Phi) is 3.32. The maximum absolute atomic E-state index is 12.7. The van der Waals surface area contributed by atoms with Crippen LogP contribution < -0.4 is 0 Å². The van der Waals surface area contributed by atoms with Crippen molar-refractivity contribution >= 4 is 5.97 Å². The summed E-state index contributed by atoms with van der Waals surface area (Å²) in [5, 5.41) is 0. The van der Waals surface area contributed by atoms with Crippen molar-refractivity contribution in [2.75, 3.05) is 6.61 Å². The molecule has 1 aliphatic rings. The fraction of sp³-hybridized carbons (Fsp3) is 0.316. The van der Waals surface area contributed by atoms with Gasteiger partial charge in [-0.15, -0.1) is 0 Å². The molecule has 1 saturated carbocycles. The molecule has 3 rings (SSSR count). The van der Waals surface area contributed by atoms with E-state index in [9.17, 15) is 4.79 Å². The molecular weight excluding hydrogens is 260 g/mol. The van der Waals surface area contributed by atoms with Crippen LogP contribution in [0.25, 0.3) is 0 Å². The van der Waals surface area contributed by atoms with Gasteiger partial charge in [0.1, 0.15) is 5.41 Å². The van der Waals surface area contributed by atoms with Crippen molar-refractivity contribution in [1.29, 1.82) is 0 Å². The highest BCUT2D eigenvalue weighted by Crippen LogP contribution is 2.65. The summed E-state index contributed by atoms with van der Waals surface area (Å²) in [5.41, 5.74) is 1.50. The van der Waals surface area contributed by atoms with Crippen LogP contribution in [0.1, 0.15) is 31.4 Å². The molecule has 2 nitrogen and oxygen atoms in total. The third-order valence-electron chi connectivity index (χ3n) is 4.74. The fourth-order valence-corrected chi connectivity index (χ4v) is 3.45. The van der Waals surface area contributed by atoms with Crippen molar-refractivity contribution < 1.29 is 9.53 Å². The molecular formula is C19H20O2. The van der Waals surface area contributed by atoms with E-state index < -0.39 is 5.41 Å². The zero-order valence-corrected chi connectivity index (χ0v) is 12.5. The minimum atomic E-state index is -0.550. The van der Waals surface area contributed by atoms with Gasteiger partial charge in [0, 0.05) is 5.41 Å². The van der Waals surface area contributed by atoms with Crippen LogP contribution in [0.5, 0.6) is 0 Å². The normalized spacial score (nSPS) is 27.1. The van der Waals surface area contributed by atoms with E-state index in [1.54, 1.807) is 0 Å². The van der Waals surface area contributed by atoms with E-state index in [1.165, 1.54) is 5.56 Å². The van der Waals surface area contributed by atoms with Crippen LogP contribution in [0.4, 0.5) is 0 Å². The molecule has 2 heteroatoms. The summed E-state index contributed by atoms with van der Waals surface area (Å²) in [6.07, 6.45) is 0.798. The van der Waals surface area contributed by atoms with Crippen molar-refractivity contribution in [3.63, 3.8) is 0 Å². The maximum atomic E-state index is 12.7. The Morgan fingerprint density at radius 2 is 1.52 bits per heavy atom. The average Bonchev–Trinajstić information content (AvgIpc) is 3.18. The molecule has 0 bridgehead atoms. The van der Waals surface area contributed by atoms with Gasteiger partial charge in [0.25, 0.3) is 0 Å². The van der Waals surface area contributed by atoms with E-state index >= 15 is 0 Å². The minimum Gasteiger partial charge on any atom is -0.465 e. The Morgan fingerprint density at radius 1 is 1.00 bits per heavy atom. The van der Waals surface area contributed by atoms with Gasteiger partial charge in [-0.1, -0.05) is 67.6 Å². The number of benzene rings is 2. The second-order valence-electron chi connectivity index (χ2n) is 5.87. The first-order chi connectivity index (χ1) is 10.1. The van der Waals surface area contributed by atoms with E-state index in [0.717, 1.165) is 12.0 Å². The molecule has 2 atom stereocenters. The van der Waals surface area contributed by atoms with Gasteiger partial charge in [-0.2, -0.15) is 0 Å². The van der Waals surface area contributed by atoms with Gasteiger partial charge in [0.2, 0.25) is 0 Å². The van der Waals surface area contributed by atoms with Crippen molar-refractivity contribution in [2.24, 2.45) is 0 Å². The maximum Gasteiger partial charge on any atom is 0.317 e. The third kappa shape index (κ3) is 1.98. The lowest BCUT2D eigenvalue weighted by atomic mass is 9.83. The molecule has 1 fully saturated rings. The van der Waals surface area contributed by atoms with Gasteiger partial charge in [0.15, 0.2) is 0 Å². The predicted octanol–water partition coefficient (Wildman–Crippen LogP) is 3.85. The van der Waals surface area contributed by atoms with Crippen LogP contribution in [-0.2, 0) is 20.4 Å². The minimum absolute atomic E-state index is 0.109. The number of rotatable bonds is 4. The summed E-state index contributed by atoms with van der Waals surface area (Å²) in [6.45, 7) is 4.43. The Labute approximate surface area is 125 Å². The molecule has 21 heavy (non-hydrogen) atoms. The van der Waals surface area contributed by atoms with E-state index in [1.807, 2.05) is 55.5 Å². The number of esters is 1. The smallest absolute Gasteiger partial charge is 0.317 e. The molecule has 0 amide bonds. The molecule has 0 spiro atoms. The Bertz CT molecular complexity index is 635. The van der Waals surface area contributed by atoms with Gasteiger partial charge >= 0.3 is 5.97 Å². The molecule has 1 aliphatic carbocycles. The van der Waals surface area contributed by atoms with E-state index in [0.29, 0.717) is 6.61 Å². The van der Waals surface area contributed by atoms with Crippen LogP contribution in [0.15, 0.2) is 60.7 Å². The first-order valence-electron chi connectivity index (χ1n) is 7.43. The summed E-state index contributed by atoms with van der Waals surface area (Å²) in [5.74, 6) is -0.109. The van der Waals surface area contributed by atoms with Crippen molar-refractivity contribution in [3.8, 4) is 0 Å². The summed E-state index contributed by atoms with van der Waals surface area (Å²) >= 11 is 0. The van der Waals surface area contributed by atoms with Gasteiger partial charge in [-0.25, -0.2) is 0 Å². The quantitative estimate of drug-likeness (QED) is 0.795. The average molecular weight is 280 g/mol. The monoisotopic (exact) mass is 280 g/mol. The Morgan fingerprint density at radius 3 is 2.05 bits per heavy atom. The molecule has 0 heterocycles. The van der Waals surface area contributed by atoms with Crippen molar-refractivity contribution in [1.82, 2.24) is 0 Å². The summed E-state index contributed by atoms with van der Waals surface area (Å²) in [4.78, 5) is 12.7. The highest BCUT2D eigenvalue weighted by molar-refractivity contribution is 5.91. The lowest BCUT2D eigenvalue weighted by molar-refractivity contribution is -0.146. The molecule has 2 aromatic carbocycles. The van der Waals surface area contributed by atoms with Gasteiger partial charge in [0.05, 0.1) is 6.61 Å². The summed E-state index contributed by atoms with van der Waals surface area (Å²) < 4.78 is 5.40. The van der Waals surface area contributed by atoms with E-state index in [-0.39, 0.29) is 11.4 Å². The summed E-state index contributed by atoms with van der Waals surface area (Å²) in [7, 11) is 0. The second-order valence-corrected chi connectivity index (χ2v) is 5.87. The lowest BCUT2D eigenvalue weighted by Gasteiger charge is -2.22. The molecule has 0 radical (unpaired) electrons. The molecule has 0 unspecified atom stereocenters. The number of hydrogen-bond donors (Lipinski definition) is 0. The summed E-state index contributed by atoms with van der Waals surface area (Å²) in [6, 6.07) is 20.3. The van der Waals surface area contributed by atoms with Crippen LogP contribution in [-0.4, -0.2) is 12.6 Å². The zero-order chi connectivity index (χ0) is 14.9. The van der Waals surface area contributed by atoms with Crippen LogP contribution in [0.3, 0.4) is 0 Å². The zero-order valence-electron chi connectivity index (χ0n) is 12.5. The van der Waals surface area contributed by atoms with Crippen LogP contribution in [0, 0.1) is 0 Å². The molecule has 108 valence electrons. The van der Waals surface area contributed by atoms with Gasteiger partial charge in [-0.05, 0) is 24.5 Å². The van der Waals surface area contributed by atoms with Gasteiger partial charge < -0.3 is 4.74 Å². The van der Waals surface area contributed by atoms with E-state index in [4.69, 9.17) is 4.74 Å². The van der Waals surface area contributed by atoms with Crippen LogP contribution in [0.2, 0.25) is 0 Å². The predicted molar refractivity (Wildman–Crippen MR) is 83.2 cm³/mol. The highest BCUT2D eigenvalue weighted by atomic mass is 16.5. The highest BCUT2D eigenvalue weighted by Gasteiger charge is 2.71. The number of carbonyl (C=O) groups is 1. The van der Waals surface area contributed by atoms with E-state index in [2.05, 4.69) is 19.1 Å². The topological polar surface area (TPSA) is 26.3 Å². The Hall–Kier alpha value is -2.09. The van der Waals surface area contributed by atoms with Crippen molar-refractivity contribution in [2.45, 2.75) is 31.1 Å². The second kappa shape index (κ2) is 5.03. The first kappa shape index (κ1) is 13.9. The van der Waals surface area contributed by atoms with Gasteiger partial charge in [-0.3, -0.25) is 4.79 Å². The van der Waals surface area contributed by atoms with Crippen molar-refractivity contribution in [3.05, 3.63) is 71.8 Å². The molecule has 2 aromatic rings. The Balaban J connectivity index is 2.07. The molecule has 0 saturated heterocycles. The number of ether oxygens (including phenoxy) is 1. The van der Waals surface area contributed by atoms with Crippen LogP contribution >= 0.6 is 0 Å². The molecule has 0 aromatic heterocycles.